The van der Waals surface area contributed by atoms with Crippen LogP contribution in [-0.4, -0.2) is 40.8 Å². The molecule has 0 radical (unpaired) electrons. The van der Waals surface area contributed by atoms with Gasteiger partial charge in [-0.05, 0) is 52.4 Å². The summed E-state index contributed by atoms with van der Waals surface area (Å²) >= 11 is 0. The van der Waals surface area contributed by atoms with Crippen LogP contribution in [-0.2, 0) is 9.53 Å². The lowest BCUT2D eigenvalue weighted by atomic mass is 9.68. The predicted octanol–water partition coefficient (Wildman–Crippen LogP) is 3.52. The molecule has 0 unspecified atom stereocenters. The highest BCUT2D eigenvalue weighted by Gasteiger charge is 2.45. The quantitative estimate of drug-likeness (QED) is 0.862. The number of likely N-dealkylation sites (tertiary alicyclic amines) is 1. The van der Waals surface area contributed by atoms with Crippen molar-refractivity contribution in [3.05, 3.63) is 0 Å². The molecule has 1 aliphatic rings. The molecule has 0 bridgehead atoms. The Balaban J connectivity index is 2.84. The molecule has 122 valence electrons. The third-order valence-corrected chi connectivity index (χ3v) is 4.54. The number of carboxylic acid groups (broad SMARTS) is 1. The average molecular weight is 299 g/mol. The molecule has 1 aliphatic heterocycles. The third-order valence-electron chi connectivity index (χ3n) is 4.54. The minimum Gasteiger partial charge on any atom is -0.481 e. The van der Waals surface area contributed by atoms with Crippen molar-refractivity contribution in [1.82, 2.24) is 4.90 Å². The van der Waals surface area contributed by atoms with Gasteiger partial charge >= 0.3 is 12.1 Å². The lowest BCUT2D eigenvalue weighted by molar-refractivity contribution is -0.155. The van der Waals surface area contributed by atoms with Crippen LogP contribution >= 0.6 is 0 Å². The monoisotopic (exact) mass is 299 g/mol. The van der Waals surface area contributed by atoms with Gasteiger partial charge in [-0.15, -0.1) is 0 Å². The second-order valence-electron chi connectivity index (χ2n) is 6.93. The minimum absolute atomic E-state index is 0.00808. The molecule has 5 heteroatoms. The van der Waals surface area contributed by atoms with Crippen LogP contribution in [0.15, 0.2) is 0 Å². The summed E-state index contributed by atoms with van der Waals surface area (Å²) in [5, 5.41) is 9.65. The van der Waals surface area contributed by atoms with E-state index in [1.165, 1.54) is 0 Å². The molecule has 21 heavy (non-hydrogen) atoms. The van der Waals surface area contributed by atoms with E-state index in [4.69, 9.17) is 4.74 Å². The first-order valence-corrected chi connectivity index (χ1v) is 7.87. The first-order chi connectivity index (χ1) is 9.66. The van der Waals surface area contributed by atoms with E-state index in [1.54, 1.807) is 4.90 Å². The molecule has 0 aromatic rings. The predicted molar refractivity (Wildman–Crippen MR) is 81.2 cm³/mol. The molecule has 1 heterocycles. The summed E-state index contributed by atoms with van der Waals surface area (Å²) in [5.41, 5.74) is -1.26. The number of aliphatic carboxylic acids is 1. The van der Waals surface area contributed by atoms with E-state index in [1.807, 2.05) is 34.6 Å². The summed E-state index contributed by atoms with van der Waals surface area (Å²) in [6.45, 7) is 10.5. The van der Waals surface area contributed by atoms with Crippen LogP contribution in [0.5, 0.6) is 0 Å². The Morgan fingerprint density at radius 3 is 2.24 bits per heavy atom. The first kappa shape index (κ1) is 17.8. The van der Waals surface area contributed by atoms with E-state index in [-0.39, 0.29) is 12.0 Å². The Labute approximate surface area is 127 Å². The summed E-state index contributed by atoms with van der Waals surface area (Å²) in [4.78, 5) is 25.6. The Bertz CT molecular complexity index is 382. The molecule has 1 rings (SSSR count). The standard InChI is InChI=1S/C16H29NO4/c1-6-16(7-2,13(18)19)12-9-8-10-17(11-12)14(20)21-15(3,4)5/h12H,6-11H2,1-5H3,(H,18,19)/t12-/m0/s1. The Hall–Kier alpha value is -1.26. The van der Waals surface area contributed by atoms with Gasteiger partial charge in [0.1, 0.15) is 5.60 Å². The van der Waals surface area contributed by atoms with E-state index >= 15 is 0 Å². The number of carbonyl (C=O) groups is 2. The lowest BCUT2D eigenvalue weighted by Crippen LogP contribution is -2.49. The van der Waals surface area contributed by atoms with Gasteiger partial charge in [-0.3, -0.25) is 4.79 Å². The number of hydrogen-bond acceptors (Lipinski definition) is 3. The van der Waals surface area contributed by atoms with Crippen molar-refractivity contribution in [2.24, 2.45) is 11.3 Å². The van der Waals surface area contributed by atoms with Crippen LogP contribution in [0.3, 0.4) is 0 Å². The zero-order valence-electron chi connectivity index (χ0n) is 13.9. The normalized spacial score (nSPS) is 20.2. The highest BCUT2D eigenvalue weighted by molar-refractivity contribution is 5.75. The molecular formula is C16H29NO4. The number of rotatable bonds is 4. The van der Waals surface area contributed by atoms with Gasteiger partial charge in [0.05, 0.1) is 5.41 Å². The SMILES string of the molecule is CCC(CC)(C(=O)O)[C@H]1CCCN(C(=O)OC(C)(C)C)C1. The van der Waals surface area contributed by atoms with E-state index in [0.717, 1.165) is 12.8 Å². The van der Waals surface area contributed by atoms with Crippen molar-refractivity contribution in [2.75, 3.05) is 13.1 Å². The van der Waals surface area contributed by atoms with Gasteiger partial charge < -0.3 is 14.7 Å². The van der Waals surface area contributed by atoms with E-state index < -0.39 is 17.0 Å². The molecule has 0 aromatic carbocycles. The lowest BCUT2D eigenvalue weighted by Gasteiger charge is -2.42. The van der Waals surface area contributed by atoms with Crippen molar-refractivity contribution in [3.63, 3.8) is 0 Å². The van der Waals surface area contributed by atoms with Crippen LogP contribution in [0, 0.1) is 11.3 Å². The summed E-state index contributed by atoms with van der Waals surface area (Å²) < 4.78 is 5.41. The van der Waals surface area contributed by atoms with Crippen molar-refractivity contribution in [1.29, 1.82) is 0 Å². The fourth-order valence-corrected chi connectivity index (χ4v) is 3.22. The number of piperidine rings is 1. The van der Waals surface area contributed by atoms with Crippen LogP contribution in [0.4, 0.5) is 4.79 Å². The molecule has 1 amide bonds. The Morgan fingerprint density at radius 2 is 1.81 bits per heavy atom. The van der Waals surface area contributed by atoms with Crippen molar-refractivity contribution < 1.29 is 19.4 Å². The van der Waals surface area contributed by atoms with Crippen LogP contribution in [0.1, 0.15) is 60.3 Å². The highest BCUT2D eigenvalue weighted by Crippen LogP contribution is 2.40. The van der Waals surface area contributed by atoms with Crippen molar-refractivity contribution >= 4 is 12.1 Å². The number of amides is 1. The second-order valence-corrected chi connectivity index (χ2v) is 6.93. The summed E-state index contributed by atoms with van der Waals surface area (Å²) in [6.07, 6.45) is 2.53. The molecule has 0 saturated carbocycles. The minimum atomic E-state index is -0.747. The highest BCUT2D eigenvalue weighted by atomic mass is 16.6. The van der Waals surface area contributed by atoms with Gasteiger partial charge in [0.2, 0.25) is 0 Å². The van der Waals surface area contributed by atoms with Gasteiger partial charge in [-0.25, -0.2) is 4.79 Å². The Kier molecular flexibility index (Phi) is 5.65. The molecule has 1 N–H and O–H groups in total. The topological polar surface area (TPSA) is 66.8 Å². The van der Waals surface area contributed by atoms with Gasteiger partial charge in [0, 0.05) is 13.1 Å². The number of ether oxygens (including phenoxy) is 1. The molecule has 5 nitrogen and oxygen atoms in total. The number of hydrogen-bond donors (Lipinski definition) is 1. The molecule has 0 aromatic heterocycles. The third kappa shape index (κ3) is 4.11. The van der Waals surface area contributed by atoms with Crippen molar-refractivity contribution in [3.8, 4) is 0 Å². The smallest absolute Gasteiger partial charge is 0.410 e. The zero-order chi connectivity index (χ0) is 16.3. The number of carbonyl (C=O) groups excluding carboxylic acids is 1. The fraction of sp³-hybridized carbons (Fsp3) is 0.875. The largest absolute Gasteiger partial charge is 0.481 e. The van der Waals surface area contributed by atoms with Crippen molar-refractivity contribution in [2.45, 2.75) is 65.9 Å². The van der Waals surface area contributed by atoms with E-state index in [0.29, 0.717) is 25.9 Å². The molecule has 1 fully saturated rings. The molecule has 1 atom stereocenters. The molecular weight excluding hydrogens is 270 g/mol. The maximum atomic E-state index is 12.2. The maximum Gasteiger partial charge on any atom is 0.410 e. The van der Waals surface area contributed by atoms with Gasteiger partial charge in [0.25, 0.3) is 0 Å². The first-order valence-electron chi connectivity index (χ1n) is 7.87. The molecule has 0 spiro atoms. The van der Waals surface area contributed by atoms with E-state index in [9.17, 15) is 14.7 Å². The molecule has 0 aliphatic carbocycles. The van der Waals surface area contributed by atoms with Crippen LogP contribution in [0.25, 0.3) is 0 Å². The number of carboxylic acids is 1. The van der Waals surface area contributed by atoms with Gasteiger partial charge in [-0.2, -0.15) is 0 Å². The van der Waals surface area contributed by atoms with Crippen LogP contribution in [0.2, 0.25) is 0 Å². The Morgan fingerprint density at radius 1 is 1.24 bits per heavy atom. The maximum absolute atomic E-state index is 12.2. The second kappa shape index (κ2) is 6.67. The zero-order valence-corrected chi connectivity index (χ0v) is 13.9. The summed E-state index contributed by atoms with van der Waals surface area (Å²) in [6, 6.07) is 0. The fourth-order valence-electron chi connectivity index (χ4n) is 3.22. The summed E-state index contributed by atoms with van der Waals surface area (Å²) in [7, 11) is 0. The summed E-state index contributed by atoms with van der Waals surface area (Å²) in [5.74, 6) is -0.755. The van der Waals surface area contributed by atoms with Crippen LogP contribution < -0.4 is 0 Å². The molecule has 1 saturated heterocycles. The number of nitrogens with zero attached hydrogens (tertiary/aromatic N) is 1. The average Bonchev–Trinajstić information content (AvgIpc) is 2.39. The van der Waals surface area contributed by atoms with E-state index in [2.05, 4.69) is 0 Å². The van der Waals surface area contributed by atoms with Gasteiger partial charge in [-0.1, -0.05) is 13.8 Å². The van der Waals surface area contributed by atoms with Gasteiger partial charge in [0.15, 0.2) is 0 Å².